The van der Waals surface area contributed by atoms with E-state index in [1.165, 1.54) is 11.3 Å². The lowest BCUT2D eigenvalue weighted by molar-refractivity contribution is 1.00. The van der Waals surface area contributed by atoms with Gasteiger partial charge in [0.1, 0.15) is 5.82 Å². The predicted octanol–water partition coefficient (Wildman–Crippen LogP) is 1.98. The van der Waals surface area contributed by atoms with Crippen molar-refractivity contribution in [3.8, 4) is 0 Å². The van der Waals surface area contributed by atoms with Gasteiger partial charge in [0.25, 0.3) is 5.56 Å². The first kappa shape index (κ1) is 11.7. The molecule has 0 aliphatic carbocycles. The van der Waals surface area contributed by atoms with Gasteiger partial charge in [-0.1, -0.05) is 13.8 Å². The van der Waals surface area contributed by atoms with Crippen LogP contribution in [0.4, 0.5) is 5.82 Å². The summed E-state index contributed by atoms with van der Waals surface area (Å²) in [6, 6.07) is 0. The summed E-state index contributed by atoms with van der Waals surface area (Å²) in [6.07, 6.45) is 0. The molecule has 2 heterocycles. The number of rotatable bonds is 0. The highest BCUT2D eigenvalue weighted by atomic mass is 32.1. The molecule has 4 nitrogen and oxygen atoms in total. The van der Waals surface area contributed by atoms with Gasteiger partial charge in [0.05, 0.1) is 5.56 Å². The van der Waals surface area contributed by atoms with E-state index in [4.69, 9.17) is 5.73 Å². The van der Waals surface area contributed by atoms with Crippen molar-refractivity contribution >= 4 is 22.1 Å². The second kappa shape index (κ2) is 4.44. The van der Waals surface area contributed by atoms with E-state index in [0.29, 0.717) is 16.3 Å². The molecule has 0 spiro atoms. The van der Waals surface area contributed by atoms with Crippen molar-refractivity contribution in [3.63, 3.8) is 0 Å². The molecule has 15 heavy (non-hydrogen) atoms. The highest BCUT2D eigenvalue weighted by Crippen LogP contribution is 2.13. The summed E-state index contributed by atoms with van der Waals surface area (Å²) in [6.45, 7) is 7.57. The number of hydrogen-bond acceptors (Lipinski definition) is 4. The Morgan fingerprint density at radius 1 is 1.40 bits per heavy atom. The fraction of sp³-hybridized carbons (Fsp3) is 0.400. The third kappa shape index (κ3) is 1.87. The molecule has 0 aliphatic heterocycles. The van der Waals surface area contributed by atoms with E-state index in [1.807, 2.05) is 26.2 Å². The van der Waals surface area contributed by atoms with E-state index >= 15 is 0 Å². The Kier molecular flexibility index (Phi) is 3.47. The number of nitrogen functional groups attached to an aromatic ring is 1. The Labute approximate surface area is 92.4 Å². The van der Waals surface area contributed by atoms with Crippen LogP contribution in [0.1, 0.15) is 25.1 Å². The third-order valence-electron chi connectivity index (χ3n) is 2.00. The molecule has 0 saturated heterocycles. The van der Waals surface area contributed by atoms with Gasteiger partial charge >= 0.3 is 0 Å². The summed E-state index contributed by atoms with van der Waals surface area (Å²) in [5.41, 5.74) is 6.93. The van der Waals surface area contributed by atoms with Gasteiger partial charge < -0.3 is 5.73 Å². The van der Waals surface area contributed by atoms with Crippen molar-refractivity contribution < 1.29 is 0 Å². The van der Waals surface area contributed by atoms with Gasteiger partial charge in [-0.2, -0.15) is 0 Å². The number of fused-ring (bicyclic) bond motifs is 1. The summed E-state index contributed by atoms with van der Waals surface area (Å²) in [5.74, 6) is 0.326. The van der Waals surface area contributed by atoms with Gasteiger partial charge in [0, 0.05) is 11.1 Å². The molecule has 0 aliphatic rings. The number of anilines is 1. The van der Waals surface area contributed by atoms with Crippen LogP contribution >= 0.6 is 11.3 Å². The average Bonchev–Trinajstić information content (AvgIpc) is 2.60. The first-order valence-electron chi connectivity index (χ1n) is 4.84. The van der Waals surface area contributed by atoms with E-state index in [2.05, 4.69) is 4.98 Å². The minimum atomic E-state index is -0.0683. The summed E-state index contributed by atoms with van der Waals surface area (Å²) in [7, 11) is 0. The Bertz CT molecular complexity index is 527. The van der Waals surface area contributed by atoms with Crippen molar-refractivity contribution in [3.05, 3.63) is 27.0 Å². The molecule has 0 amide bonds. The quantitative estimate of drug-likeness (QED) is 0.745. The third-order valence-corrected chi connectivity index (χ3v) is 2.95. The van der Waals surface area contributed by atoms with Crippen molar-refractivity contribution in [1.82, 2.24) is 9.38 Å². The number of thiazole rings is 1. The van der Waals surface area contributed by atoms with E-state index in [9.17, 15) is 4.79 Å². The van der Waals surface area contributed by atoms with Gasteiger partial charge in [0.15, 0.2) is 4.96 Å². The lowest BCUT2D eigenvalue weighted by Crippen LogP contribution is -2.19. The maximum atomic E-state index is 11.7. The second-order valence-electron chi connectivity index (χ2n) is 2.92. The fourth-order valence-electron chi connectivity index (χ4n) is 1.18. The van der Waals surface area contributed by atoms with Gasteiger partial charge in [0.2, 0.25) is 0 Å². The zero-order valence-electron chi connectivity index (χ0n) is 9.37. The molecular weight excluding hydrogens is 210 g/mol. The minimum absolute atomic E-state index is 0.0683. The summed E-state index contributed by atoms with van der Waals surface area (Å²) in [5, 5.41) is 1.89. The first-order valence-corrected chi connectivity index (χ1v) is 5.72. The molecule has 82 valence electrons. The molecule has 0 unspecified atom stereocenters. The lowest BCUT2D eigenvalue weighted by atomic mass is 10.3. The van der Waals surface area contributed by atoms with Crippen molar-refractivity contribution in [2.45, 2.75) is 27.7 Å². The zero-order chi connectivity index (χ0) is 11.6. The summed E-state index contributed by atoms with van der Waals surface area (Å²) in [4.78, 5) is 16.5. The molecule has 0 bridgehead atoms. The largest absolute Gasteiger partial charge is 0.383 e. The molecule has 0 atom stereocenters. The normalized spacial score (nSPS) is 9.87. The summed E-state index contributed by atoms with van der Waals surface area (Å²) >= 11 is 1.42. The predicted molar refractivity (Wildman–Crippen MR) is 64.6 cm³/mol. The summed E-state index contributed by atoms with van der Waals surface area (Å²) < 4.78 is 1.58. The Morgan fingerprint density at radius 3 is 2.60 bits per heavy atom. The second-order valence-corrected chi connectivity index (χ2v) is 3.76. The number of aryl methyl sites for hydroxylation is 1. The monoisotopic (exact) mass is 225 g/mol. The molecular formula is C10H15N3OS. The van der Waals surface area contributed by atoms with Crippen molar-refractivity contribution in [2.24, 2.45) is 0 Å². The van der Waals surface area contributed by atoms with Crippen LogP contribution in [-0.2, 0) is 0 Å². The van der Waals surface area contributed by atoms with E-state index in [1.54, 1.807) is 11.3 Å². The molecule has 0 radical (unpaired) electrons. The van der Waals surface area contributed by atoms with Gasteiger partial charge in [-0.05, 0) is 13.8 Å². The lowest BCUT2D eigenvalue weighted by Gasteiger charge is -1.99. The van der Waals surface area contributed by atoms with Gasteiger partial charge in [-0.3, -0.25) is 9.20 Å². The standard InChI is InChI=1S/C8H9N3OS.C2H6/c1-4-3-13-8-10-6(9)5(2)7(12)11(4)8;1-2/h3H,9H2,1-2H3;1-2H3. The molecule has 0 aromatic carbocycles. The van der Waals surface area contributed by atoms with Crippen molar-refractivity contribution in [2.75, 3.05) is 5.73 Å². The van der Waals surface area contributed by atoms with Crippen LogP contribution in [0.5, 0.6) is 0 Å². The molecule has 2 rings (SSSR count). The smallest absolute Gasteiger partial charge is 0.263 e. The van der Waals surface area contributed by atoms with Crippen LogP contribution < -0.4 is 11.3 Å². The van der Waals surface area contributed by atoms with Crippen molar-refractivity contribution in [1.29, 1.82) is 0 Å². The molecule has 2 aromatic rings. The number of hydrogen-bond donors (Lipinski definition) is 1. The van der Waals surface area contributed by atoms with E-state index < -0.39 is 0 Å². The van der Waals surface area contributed by atoms with Crippen LogP contribution in [0.3, 0.4) is 0 Å². The molecule has 0 saturated carbocycles. The number of aromatic nitrogens is 2. The van der Waals surface area contributed by atoms with Crippen LogP contribution in [0.25, 0.3) is 4.96 Å². The Morgan fingerprint density at radius 2 is 2.00 bits per heavy atom. The molecule has 5 heteroatoms. The van der Waals surface area contributed by atoms with Crippen LogP contribution in [0.15, 0.2) is 10.2 Å². The molecule has 0 fully saturated rings. The van der Waals surface area contributed by atoms with Crippen LogP contribution in [-0.4, -0.2) is 9.38 Å². The maximum Gasteiger partial charge on any atom is 0.263 e. The molecule has 2 aromatic heterocycles. The SMILES string of the molecule is CC.Cc1c(N)nc2scc(C)n2c1=O. The highest BCUT2D eigenvalue weighted by molar-refractivity contribution is 7.15. The van der Waals surface area contributed by atoms with Gasteiger partial charge in [-0.15, -0.1) is 11.3 Å². The first-order chi connectivity index (χ1) is 7.11. The average molecular weight is 225 g/mol. The number of nitrogens with two attached hydrogens (primary N) is 1. The fourth-order valence-corrected chi connectivity index (χ4v) is 2.05. The van der Waals surface area contributed by atoms with E-state index in [0.717, 1.165) is 5.69 Å². The zero-order valence-corrected chi connectivity index (χ0v) is 10.2. The van der Waals surface area contributed by atoms with Crippen LogP contribution in [0, 0.1) is 13.8 Å². The van der Waals surface area contributed by atoms with Crippen LogP contribution in [0.2, 0.25) is 0 Å². The van der Waals surface area contributed by atoms with Gasteiger partial charge in [-0.25, -0.2) is 4.98 Å². The highest BCUT2D eigenvalue weighted by Gasteiger charge is 2.08. The van der Waals surface area contributed by atoms with E-state index in [-0.39, 0.29) is 5.56 Å². The topological polar surface area (TPSA) is 60.4 Å². The maximum absolute atomic E-state index is 11.7. The Hall–Kier alpha value is -1.36. The number of nitrogens with zero attached hydrogens (tertiary/aromatic N) is 2. The Balaban J connectivity index is 0.000000531. The minimum Gasteiger partial charge on any atom is -0.383 e. The molecule has 2 N–H and O–H groups in total.